The van der Waals surface area contributed by atoms with Crippen molar-refractivity contribution in [3.8, 4) is 22.3 Å². The Morgan fingerprint density at radius 2 is 0.987 bits per heavy atom. The lowest BCUT2D eigenvalue weighted by molar-refractivity contribution is -0.140. The van der Waals surface area contributed by atoms with Gasteiger partial charge in [0.15, 0.2) is 17.4 Å². The number of ketones is 1. The number of anilines is 2. The van der Waals surface area contributed by atoms with Crippen LogP contribution >= 0.6 is 0 Å². The van der Waals surface area contributed by atoms with Crippen LogP contribution in [-0.2, 0) is 27.1 Å². The van der Waals surface area contributed by atoms with Crippen LogP contribution in [0.4, 0.5) is 28.9 Å². The number of rotatable bonds is 11. The van der Waals surface area contributed by atoms with Crippen molar-refractivity contribution in [2.45, 2.75) is 72.5 Å². The maximum Gasteiger partial charge on any atom is 0.184 e. The Morgan fingerprint density at radius 3 is 1.36 bits per heavy atom. The van der Waals surface area contributed by atoms with E-state index in [0.717, 1.165) is 88.6 Å². The maximum absolute atomic E-state index is 15.0. The Kier molecular flexibility index (Phi) is 15.9. The number of piperazine rings is 2. The molecule has 4 aliphatic heterocycles. The summed E-state index contributed by atoms with van der Waals surface area (Å²) in [5, 5.41) is 3.32. The van der Waals surface area contributed by atoms with Gasteiger partial charge in [-0.3, -0.25) is 19.7 Å². The molecule has 1 N–H and O–H groups in total. The van der Waals surface area contributed by atoms with Gasteiger partial charge in [-0.1, -0.05) is 0 Å². The number of aromatic nitrogens is 10. The summed E-state index contributed by atoms with van der Waals surface area (Å²) in [7, 11) is 0. The number of Topliss-reactive ketones (excluding diaryl/α,β-unsaturated/α-hetero) is 1. The van der Waals surface area contributed by atoms with Gasteiger partial charge in [0.05, 0.1) is 91.7 Å². The third-order valence-corrected chi connectivity index (χ3v) is 14.2. The second kappa shape index (κ2) is 23.1. The monoisotopic (exact) mass is 1050 g/mol. The van der Waals surface area contributed by atoms with Crippen molar-refractivity contribution < 1.29 is 31.8 Å². The molecule has 0 unspecified atom stereocenters. The van der Waals surface area contributed by atoms with Gasteiger partial charge in [0.2, 0.25) is 0 Å². The highest BCUT2D eigenvalue weighted by Crippen LogP contribution is 2.33. The number of benzene rings is 2. The van der Waals surface area contributed by atoms with Crippen molar-refractivity contribution in [2.24, 2.45) is 0 Å². The Labute approximate surface area is 443 Å². The maximum atomic E-state index is 15.0. The first kappa shape index (κ1) is 53.1. The summed E-state index contributed by atoms with van der Waals surface area (Å²) in [5.74, 6) is 0.880. The first-order valence-corrected chi connectivity index (χ1v) is 26.1. The minimum Gasteiger partial charge on any atom is -0.378 e. The van der Waals surface area contributed by atoms with Crippen LogP contribution in [0.3, 0.4) is 0 Å². The molecule has 0 bridgehead atoms. The van der Waals surface area contributed by atoms with Gasteiger partial charge in [0, 0.05) is 87.0 Å². The van der Waals surface area contributed by atoms with Crippen molar-refractivity contribution in [3.63, 3.8) is 0 Å². The zero-order chi connectivity index (χ0) is 53.9. The predicted octanol–water partition coefficient (Wildman–Crippen LogP) is 7.81. The quantitative estimate of drug-likeness (QED) is 0.124. The van der Waals surface area contributed by atoms with Crippen LogP contribution in [0, 0.1) is 37.1 Å². The number of pyridine rings is 2. The molecule has 4 aliphatic rings. The summed E-state index contributed by atoms with van der Waals surface area (Å²) in [4.78, 5) is 52.1. The van der Waals surface area contributed by atoms with Gasteiger partial charge < -0.3 is 33.7 Å². The summed E-state index contributed by atoms with van der Waals surface area (Å²) in [6, 6.07) is 10.3. The average Bonchev–Trinajstić information content (AvgIpc) is 4.02. The van der Waals surface area contributed by atoms with Crippen LogP contribution in [0.5, 0.6) is 0 Å². The number of carbonyl (C=O) groups is 1. The van der Waals surface area contributed by atoms with Gasteiger partial charge in [0.1, 0.15) is 59.2 Å². The molecule has 12 rings (SSSR count). The molecule has 4 saturated heterocycles. The van der Waals surface area contributed by atoms with Gasteiger partial charge in [0.25, 0.3) is 0 Å². The molecule has 0 radical (unpaired) electrons. The molecule has 0 atom stereocenters. The SMILES string of the molecule is Cc1nc2c(F)cc(-c3cc(Cc4ncc(N5CCN(C6COC6)CC5)cn4)ncc3F)cc2n1C(C)C.Cc1nc2c(F)cc(-c3cc(Cc4ncc(N5CCNCC5)cn4)ncc3F)cc2n1C(C)C.O=C1COC1. The van der Waals surface area contributed by atoms with Crippen molar-refractivity contribution >= 4 is 39.2 Å². The van der Waals surface area contributed by atoms with Crippen LogP contribution in [0.25, 0.3) is 44.3 Å². The normalized spacial score (nSPS) is 16.1. The summed E-state index contributed by atoms with van der Waals surface area (Å²) in [5.41, 5.74) is 6.55. The van der Waals surface area contributed by atoms with Crippen molar-refractivity contribution in [3.05, 3.63) is 132 Å². The highest BCUT2D eigenvalue weighted by atomic mass is 19.1. The largest absolute Gasteiger partial charge is 0.378 e. The van der Waals surface area contributed by atoms with E-state index in [1.165, 1.54) is 24.5 Å². The first-order chi connectivity index (χ1) is 37.2. The number of carbonyl (C=O) groups excluding carboxylic acids is 1. The third kappa shape index (κ3) is 11.8. The lowest BCUT2D eigenvalue weighted by Crippen LogP contribution is -2.56. The standard InChI is InChI=1S/C28H31F2N7O.C25H27F2N7.C3H4O2/c1-17(2)37-18(3)34-28-24(29)8-19(9-26(28)37)23-10-20(31-14-25(23)30)11-27-32-12-21(13-33-27)35-4-6-36(7-5-35)22-15-38-16-22;1-15(2)34-16(3)32-25-21(26)8-17(9-23(25)34)20-10-18(29-14-22(20)27)11-24-30-12-19(13-31-24)33-6-4-28-5-7-33;4-3-1-5-2-3/h8-10,12-14,17,22H,4-7,11,15-16H2,1-3H3;8-10,12-15,28H,4-7,11H2,1-3H3;1-2H2. The fourth-order valence-corrected chi connectivity index (χ4v) is 10.2. The Hall–Kier alpha value is -7.33. The Balaban J connectivity index is 0.000000161. The van der Waals surface area contributed by atoms with E-state index in [4.69, 9.17) is 4.74 Å². The number of imidazole rings is 2. The van der Waals surface area contributed by atoms with E-state index in [1.54, 1.807) is 24.3 Å². The molecule has 21 heteroatoms. The second-order valence-corrected chi connectivity index (χ2v) is 20.3. The van der Waals surface area contributed by atoms with E-state index >= 15 is 0 Å². The highest BCUT2D eigenvalue weighted by Gasteiger charge is 2.29. The van der Waals surface area contributed by atoms with Gasteiger partial charge in [-0.2, -0.15) is 0 Å². The topological polar surface area (TPSA) is 170 Å². The van der Waals surface area contributed by atoms with E-state index in [0.29, 0.717) is 88.3 Å². The summed E-state index contributed by atoms with van der Waals surface area (Å²) in [6.45, 7) is 21.7. The molecular weight excluding hydrogens is 993 g/mol. The zero-order valence-corrected chi connectivity index (χ0v) is 44.1. The molecule has 0 spiro atoms. The molecule has 6 aromatic heterocycles. The smallest absolute Gasteiger partial charge is 0.184 e. The molecule has 8 aromatic rings. The fourth-order valence-electron chi connectivity index (χ4n) is 10.2. The number of ether oxygens (including phenoxy) is 2. The minimum absolute atomic E-state index is 0.0915. The second-order valence-electron chi connectivity index (χ2n) is 20.3. The Morgan fingerprint density at radius 1 is 0.558 bits per heavy atom. The van der Waals surface area contributed by atoms with E-state index in [-0.39, 0.29) is 29.0 Å². The number of fused-ring (bicyclic) bond motifs is 2. The number of nitrogens with one attached hydrogen (secondary N) is 1. The fraction of sp³-hybridized carbons (Fsp3) is 0.411. The number of hydrogen-bond acceptors (Lipinski definition) is 15. The van der Waals surface area contributed by atoms with Crippen molar-refractivity contribution in [1.82, 2.24) is 59.2 Å². The number of halogens is 4. The number of aryl methyl sites for hydroxylation is 2. The van der Waals surface area contributed by atoms with E-state index in [2.05, 4.69) is 64.6 Å². The highest BCUT2D eigenvalue weighted by molar-refractivity contribution is 5.85. The van der Waals surface area contributed by atoms with Crippen molar-refractivity contribution in [2.75, 3.05) is 88.6 Å². The first-order valence-electron chi connectivity index (χ1n) is 26.1. The van der Waals surface area contributed by atoms with Gasteiger partial charge >= 0.3 is 0 Å². The van der Waals surface area contributed by atoms with Gasteiger partial charge in [-0.15, -0.1) is 0 Å². The predicted molar refractivity (Wildman–Crippen MR) is 285 cm³/mol. The van der Waals surface area contributed by atoms with Crippen LogP contribution in [0.1, 0.15) is 74.5 Å². The van der Waals surface area contributed by atoms with E-state index < -0.39 is 23.3 Å². The summed E-state index contributed by atoms with van der Waals surface area (Å²) in [6.07, 6.45) is 10.4. The molecule has 402 valence electrons. The molecule has 2 aromatic carbocycles. The minimum atomic E-state index is -0.510. The van der Waals surface area contributed by atoms with Gasteiger partial charge in [-0.05, 0) is 89.1 Å². The van der Waals surface area contributed by atoms with E-state index in [9.17, 15) is 22.4 Å². The molecule has 0 aliphatic carbocycles. The Bertz CT molecular complexity index is 3380. The zero-order valence-electron chi connectivity index (χ0n) is 44.1. The summed E-state index contributed by atoms with van der Waals surface area (Å²) >= 11 is 0. The molecule has 77 heavy (non-hydrogen) atoms. The summed E-state index contributed by atoms with van der Waals surface area (Å²) < 4.78 is 73.3. The molecular formula is C56H62F4N14O3. The van der Waals surface area contributed by atoms with E-state index in [1.807, 2.05) is 75.5 Å². The molecule has 0 saturated carbocycles. The van der Waals surface area contributed by atoms with Crippen molar-refractivity contribution in [1.29, 1.82) is 0 Å². The average molecular weight is 1060 g/mol. The number of hydrogen-bond donors (Lipinski definition) is 1. The van der Waals surface area contributed by atoms with Crippen LogP contribution in [0.15, 0.2) is 73.6 Å². The molecule has 17 nitrogen and oxygen atoms in total. The molecule has 10 heterocycles. The third-order valence-electron chi connectivity index (χ3n) is 14.2. The van der Waals surface area contributed by atoms with Crippen LogP contribution < -0.4 is 15.1 Å². The number of nitrogens with zero attached hydrogens (tertiary/aromatic N) is 13. The van der Waals surface area contributed by atoms with Gasteiger partial charge in [-0.25, -0.2) is 47.5 Å². The lowest BCUT2D eigenvalue weighted by atomic mass is 10.0. The van der Waals surface area contributed by atoms with Crippen LogP contribution in [0.2, 0.25) is 0 Å². The lowest BCUT2D eigenvalue weighted by Gasteiger charge is -2.43. The molecule has 0 amide bonds. The molecule has 4 fully saturated rings. The van der Waals surface area contributed by atoms with Crippen LogP contribution in [-0.4, -0.2) is 145 Å².